The van der Waals surface area contributed by atoms with Gasteiger partial charge in [-0.2, -0.15) is 0 Å². The molecule has 0 aliphatic carbocycles. The predicted octanol–water partition coefficient (Wildman–Crippen LogP) is 3.70. The van der Waals surface area contributed by atoms with Crippen LogP contribution < -0.4 is 4.90 Å². The molecule has 2 aromatic rings. The number of likely N-dealkylation sites (tertiary alicyclic amines) is 1. The lowest BCUT2D eigenvalue weighted by molar-refractivity contribution is -0.117. The molecule has 1 heterocycles. The van der Waals surface area contributed by atoms with E-state index < -0.39 is 12.8 Å². The highest BCUT2D eigenvalue weighted by molar-refractivity contribution is 5.92. The summed E-state index contributed by atoms with van der Waals surface area (Å²) >= 11 is 0. The van der Waals surface area contributed by atoms with Gasteiger partial charge in [0.25, 0.3) is 0 Å². The molecule has 3 rings (SSSR count). The first-order valence-electron chi connectivity index (χ1n) is 9.60. The van der Waals surface area contributed by atoms with Crippen molar-refractivity contribution in [2.75, 3.05) is 18.0 Å². The Morgan fingerprint density at radius 3 is 2.30 bits per heavy atom. The van der Waals surface area contributed by atoms with Gasteiger partial charge in [-0.25, -0.2) is 0 Å². The molecule has 23 heavy (non-hydrogen) atoms. The van der Waals surface area contributed by atoms with Gasteiger partial charge in [-0.15, -0.1) is 0 Å². The van der Waals surface area contributed by atoms with Gasteiger partial charge in [-0.3, -0.25) is 9.69 Å². The van der Waals surface area contributed by atoms with Crippen LogP contribution in [0.15, 0.2) is 60.7 Å². The van der Waals surface area contributed by atoms with E-state index in [1.54, 1.807) is 12.1 Å². The minimum atomic E-state index is -2.63. The highest BCUT2D eigenvalue weighted by Gasteiger charge is 2.27. The quantitative estimate of drug-likeness (QED) is 0.859. The third-order valence-electron chi connectivity index (χ3n) is 4.42. The maximum atomic E-state index is 12.6. The largest absolute Gasteiger partial charge is 0.310 e. The Labute approximate surface area is 142 Å². The fraction of sp³-hybridized carbons (Fsp3) is 0.350. The Hall–Kier alpha value is -2.13. The van der Waals surface area contributed by atoms with Gasteiger partial charge >= 0.3 is 0 Å². The summed E-state index contributed by atoms with van der Waals surface area (Å²) in [6, 6.07) is 19.4. The van der Waals surface area contributed by atoms with E-state index in [2.05, 4.69) is 17.0 Å². The number of piperidine rings is 1. The molecule has 120 valence electrons. The number of benzene rings is 2. The molecule has 1 aliphatic heterocycles. The van der Waals surface area contributed by atoms with Crippen LogP contribution in [-0.4, -0.2) is 29.9 Å². The van der Waals surface area contributed by atoms with Gasteiger partial charge in [0.05, 0.1) is 0 Å². The average molecular weight is 311 g/mol. The average Bonchev–Trinajstić information content (AvgIpc) is 2.64. The number of anilines is 1. The van der Waals surface area contributed by atoms with Gasteiger partial charge in [0, 0.05) is 42.3 Å². The number of rotatable bonds is 4. The minimum Gasteiger partial charge on any atom is -0.310 e. The summed E-state index contributed by atoms with van der Waals surface area (Å²) in [5, 5.41) is 0. The molecule has 0 spiro atoms. The number of nitrogens with zero attached hydrogens (tertiary/aromatic N) is 2. The molecule has 0 bridgehead atoms. The van der Waals surface area contributed by atoms with Gasteiger partial charge in [-0.05, 0) is 30.5 Å². The Balaban J connectivity index is 1.70. The van der Waals surface area contributed by atoms with Crippen molar-refractivity contribution in [2.24, 2.45) is 0 Å². The Bertz CT molecular complexity index is 711. The van der Waals surface area contributed by atoms with E-state index in [1.807, 2.05) is 36.4 Å². The first-order chi connectivity index (χ1) is 12.4. The number of carbonyl (C=O) groups excluding carboxylic acids is 1. The first-order valence-corrected chi connectivity index (χ1v) is 8.10. The summed E-state index contributed by atoms with van der Waals surface area (Å²) in [6.07, 6.45) is 1.53. The Kier molecular flexibility index (Phi) is 3.97. The lowest BCUT2D eigenvalue weighted by atomic mass is 10.0. The number of carbonyl (C=O) groups is 1. The summed E-state index contributed by atoms with van der Waals surface area (Å²) in [6.45, 7) is -0.0581. The molecule has 1 aliphatic rings. The Morgan fingerprint density at radius 1 is 1.09 bits per heavy atom. The molecule has 0 atom stereocenters. The molecule has 0 radical (unpaired) electrons. The molecule has 2 aromatic carbocycles. The molecule has 0 N–H and O–H groups in total. The molecule has 1 amide bonds. The van der Waals surface area contributed by atoms with Crippen LogP contribution >= 0.6 is 0 Å². The smallest absolute Gasteiger partial charge is 0.224 e. The van der Waals surface area contributed by atoms with E-state index in [0.717, 1.165) is 32.5 Å². The summed E-state index contributed by atoms with van der Waals surface area (Å²) in [5.41, 5.74) is 1.93. The van der Waals surface area contributed by atoms with Crippen molar-refractivity contribution in [3.05, 3.63) is 66.2 Å². The van der Waals surface area contributed by atoms with Gasteiger partial charge in [0.2, 0.25) is 5.91 Å². The van der Waals surface area contributed by atoms with Crippen LogP contribution in [-0.2, 0) is 11.3 Å². The molecule has 0 aromatic heterocycles. The van der Waals surface area contributed by atoms with Gasteiger partial charge in [0.1, 0.15) is 0 Å². The number of para-hydroxylation sites is 1. The third kappa shape index (κ3) is 3.99. The van der Waals surface area contributed by atoms with E-state index in [-0.39, 0.29) is 6.04 Å². The maximum absolute atomic E-state index is 12.6. The van der Waals surface area contributed by atoms with Crippen molar-refractivity contribution in [3.8, 4) is 0 Å². The summed E-state index contributed by atoms with van der Waals surface area (Å²) in [7, 11) is 0. The summed E-state index contributed by atoms with van der Waals surface area (Å²) < 4.78 is 22.7. The van der Waals surface area contributed by atoms with E-state index in [4.69, 9.17) is 4.11 Å². The number of hydrogen-bond acceptors (Lipinski definition) is 2. The van der Waals surface area contributed by atoms with Crippen LogP contribution in [0.25, 0.3) is 0 Å². The molecule has 1 fully saturated rings. The monoisotopic (exact) mass is 311 g/mol. The number of amides is 1. The molecular weight excluding hydrogens is 284 g/mol. The topological polar surface area (TPSA) is 23.6 Å². The second kappa shape index (κ2) is 7.42. The van der Waals surface area contributed by atoms with Crippen molar-refractivity contribution in [1.29, 1.82) is 0 Å². The SMILES string of the molecule is [2H]C([2H])([2H])C(=O)N(c1ccccc1)C1CCN(Cc2ccccc2)CC1. The molecule has 0 saturated carbocycles. The zero-order valence-corrected chi connectivity index (χ0v) is 13.2. The van der Waals surface area contributed by atoms with E-state index in [1.165, 1.54) is 10.5 Å². The molecule has 3 nitrogen and oxygen atoms in total. The number of hydrogen-bond donors (Lipinski definition) is 0. The lowest BCUT2D eigenvalue weighted by Gasteiger charge is -2.38. The Morgan fingerprint density at radius 2 is 1.70 bits per heavy atom. The zero-order valence-electron chi connectivity index (χ0n) is 16.2. The second-order valence-corrected chi connectivity index (χ2v) is 6.00. The molecular formula is C20H24N2O. The van der Waals surface area contributed by atoms with Crippen LogP contribution in [0.1, 0.15) is 29.4 Å². The van der Waals surface area contributed by atoms with Crippen molar-refractivity contribution < 1.29 is 8.91 Å². The molecule has 0 unspecified atom stereocenters. The van der Waals surface area contributed by atoms with E-state index in [0.29, 0.717) is 5.69 Å². The fourth-order valence-corrected chi connectivity index (χ4v) is 3.26. The molecule has 1 saturated heterocycles. The summed E-state index contributed by atoms with van der Waals surface area (Å²) in [5.74, 6) is -0.787. The van der Waals surface area contributed by atoms with Crippen LogP contribution in [0.4, 0.5) is 5.69 Å². The van der Waals surface area contributed by atoms with Crippen molar-refractivity contribution in [1.82, 2.24) is 4.90 Å². The predicted molar refractivity (Wildman–Crippen MR) is 94.3 cm³/mol. The fourth-order valence-electron chi connectivity index (χ4n) is 3.26. The highest BCUT2D eigenvalue weighted by Crippen LogP contribution is 2.24. The van der Waals surface area contributed by atoms with Gasteiger partial charge in [0.15, 0.2) is 0 Å². The van der Waals surface area contributed by atoms with E-state index in [9.17, 15) is 4.79 Å². The van der Waals surface area contributed by atoms with Crippen molar-refractivity contribution in [3.63, 3.8) is 0 Å². The van der Waals surface area contributed by atoms with E-state index >= 15 is 0 Å². The van der Waals surface area contributed by atoms with Gasteiger partial charge in [-0.1, -0.05) is 48.5 Å². The second-order valence-electron chi connectivity index (χ2n) is 6.00. The van der Waals surface area contributed by atoms with Crippen LogP contribution in [0, 0.1) is 0 Å². The van der Waals surface area contributed by atoms with Gasteiger partial charge < -0.3 is 4.90 Å². The lowest BCUT2D eigenvalue weighted by Crippen LogP contribution is -2.46. The van der Waals surface area contributed by atoms with Crippen molar-refractivity contribution >= 4 is 11.6 Å². The normalized spacial score (nSPS) is 18.7. The maximum Gasteiger partial charge on any atom is 0.224 e. The standard InChI is InChI=1S/C20H24N2O/c1-17(23)22(19-10-6-3-7-11-19)20-12-14-21(15-13-20)16-18-8-4-2-5-9-18/h2-11,20H,12-16H2,1H3/i1D3. The minimum absolute atomic E-state index is 0.0858. The van der Waals surface area contributed by atoms with Crippen LogP contribution in [0.3, 0.4) is 0 Å². The van der Waals surface area contributed by atoms with Crippen LogP contribution in [0.2, 0.25) is 0 Å². The summed E-state index contributed by atoms with van der Waals surface area (Å²) in [4.78, 5) is 16.4. The zero-order chi connectivity index (χ0) is 18.6. The first kappa shape index (κ1) is 12.3. The molecule has 3 heteroatoms. The highest BCUT2D eigenvalue weighted by atomic mass is 16.2. The van der Waals surface area contributed by atoms with Crippen molar-refractivity contribution in [2.45, 2.75) is 32.3 Å². The third-order valence-corrected chi connectivity index (χ3v) is 4.42. The van der Waals surface area contributed by atoms with Crippen LogP contribution in [0.5, 0.6) is 0 Å².